The van der Waals surface area contributed by atoms with Crippen LogP contribution in [0.1, 0.15) is 5.69 Å². The molecule has 118 valence electrons. The Morgan fingerprint density at radius 2 is 2.00 bits per heavy atom. The van der Waals surface area contributed by atoms with Crippen LogP contribution in [-0.2, 0) is 11.3 Å². The zero-order chi connectivity index (χ0) is 16.2. The molecule has 7 heteroatoms. The molecule has 0 aliphatic heterocycles. The van der Waals surface area contributed by atoms with Crippen LogP contribution in [0.4, 0.5) is 0 Å². The summed E-state index contributed by atoms with van der Waals surface area (Å²) in [5, 5.41) is 3.40. The van der Waals surface area contributed by atoms with E-state index >= 15 is 0 Å². The highest BCUT2D eigenvalue weighted by Gasteiger charge is 2.06. The lowest BCUT2D eigenvalue weighted by Crippen LogP contribution is -2.28. The molecule has 3 rings (SSSR count). The average molecular weight is 395 g/mol. The number of amides is 1. The van der Waals surface area contributed by atoms with Gasteiger partial charge in [-0.15, -0.1) is 0 Å². The van der Waals surface area contributed by atoms with Crippen LogP contribution >= 0.6 is 27.5 Å². The van der Waals surface area contributed by atoms with Gasteiger partial charge in [0.15, 0.2) is 6.61 Å². The van der Waals surface area contributed by atoms with Gasteiger partial charge in [-0.2, -0.15) is 0 Å². The number of aromatic nitrogens is 2. The summed E-state index contributed by atoms with van der Waals surface area (Å²) in [6, 6.07) is 10.7. The third kappa shape index (κ3) is 4.24. The Kier molecular flexibility index (Phi) is 4.83. The van der Waals surface area contributed by atoms with Crippen molar-refractivity contribution in [2.24, 2.45) is 0 Å². The Bertz CT molecular complexity index is 833. The fraction of sp³-hybridized carbons (Fsp3) is 0.125. The predicted octanol–water partition coefficient (Wildman–Crippen LogP) is 3.45. The Labute approximate surface area is 146 Å². The van der Waals surface area contributed by atoms with Crippen molar-refractivity contribution in [3.8, 4) is 5.75 Å². The fourth-order valence-electron chi connectivity index (χ4n) is 2.02. The molecule has 0 unspecified atom stereocenters. The highest BCUT2D eigenvalue weighted by atomic mass is 79.9. The Balaban J connectivity index is 1.52. The number of nitrogens with zero attached hydrogens (tertiary/aromatic N) is 2. The number of nitrogens with one attached hydrogen (secondary N) is 1. The van der Waals surface area contributed by atoms with Crippen LogP contribution in [0.15, 0.2) is 53.3 Å². The Hall–Kier alpha value is -2.05. The lowest BCUT2D eigenvalue weighted by Gasteiger charge is -2.06. The van der Waals surface area contributed by atoms with Crippen LogP contribution in [0.25, 0.3) is 5.65 Å². The smallest absolute Gasteiger partial charge is 0.258 e. The first-order valence-electron chi connectivity index (χ1n) is 6.88. The number of ether oxygens (including phenoxy) is 1. The van der Waals surface area contributed by atoms with E-state index in [0.29, 0.717) is 17.3 Å². The molecule has 0 fully saturated rings. The highest BCUT2D eigenvalue weighted by Crippen LogP contribution is 2.15. The molecule has 3 aromatic rings. The van der Waals surface area contributed by atoms with E-state index in [4.69, 9.17) is 16.3 Å². The zero-order valence-corrected chi connectivity index (χ0v) is 14.3. The van der Waals surface area contributed by atoms with Crippen molar-refractivity contribution < 1.29 is 9.53 Å². The molecule has 1 N–H and O–H groups in total. The fourth-order valence-corrected chi connectivity index (χ4v) is 2.50. The van der Waals surface area contributed by atoms with Gasteiger partial charge in [0, 0.05) is 21.9 Å². The minimum absolute atomic E-state index is 0.0550. The molecule has 0 atom stereocenters. The first-order chi connectivity index (χ1) is 11.1. The van der Waals surface area contributed by atoms with Crippen molar-refractivity contribution in [3.05, 3.63) is 64.0 Å². The van der Waals surface area contributed by atoms with Gasteiger partial charge >= 0.3 is 0 Å². The largest absolute Gasteiger partial charge is 0.484 e. The summed E-state index contributed by atoms with van der Waals surface area (Å²) < 4.78 is 8.25. The first kappa shape index (κ1) is 15.8. The average Bonchev–Trinajstić information content (AvgIpc) is 2.94. The zero-order valence-electron chi connectivity index (χ0n) is 12.0. The third-order valence-corrected chi connectivity index (χ3v) is 3.84. The molecule has 0 radical (unpaired) electrons. The highest BCUT2D eigenvalue weighted by molar-refractivity contribution is 9.10. The standard InChI is InChI=1S/C16H13BrClN3O2/c17-11-1-6-15-20-13(9-21(15)8-11)7-19-16(22)10-23-14-4-2-12(18)3-5-14/h1-6,8-9H,7,10H2,(H,19,22). The summed E-state index contributed by atoms with van der Waals surface area (Å²) in [5.74, 6) is 0.389. The minimum Gasteiger partial charge on any atom is -0.484 e. The molecule has 2 heterocycles. The molecule has 0 spiro atoms. The number of hydrogen-bond acceptors (Lipinski definition) is 3. The molecule has 0 saturated heterocycles. The van der Waals surface area contributed by atoms with Crippen LogP contribution in [0.3, 0.4) is 0 Å². The summed E-state index contributed by atoms with van der Waals surface area (Å²) in [6.45, 7) is 0.294. The van der Waals surface area contributed by atoms with Crippen LogP contribution in [0, 0.1) is 0 Å². The molecule has 0 aliphatic rings. The molecule has 1 amide bonds. The number of hydrogen-bond donors (Lipinski definition) is 1. The number of rotatable bonds is 5. The van der Waals surface area contributed by atoms with Gasteiger partial charge in [-0.3, -0.25) is 4.79 Å². The van der Waals surface area contributed by atoms with Crippen molar-refractivity contribution >= 4 is 39.1 Å². The van der Waals surface area contributed by atoms with E-state index in [1.807, 2.05) is 28.9 Å². The second-order valence-electron chi connectivity index (χ2n) is 4.86. The van der Waals surface area contributed by atoms with Gasteiger partial charge in [0.1, 0.15) is 11.4 Å². The quantitative estimate of drug-likeness (QED) is 0.721. The number of benzene rings is 1. The van der Waals surface area contributed by atoms with E-state index in [2.05, 4.69) is 26.2 Å². The normalized spacial score (nSPS) is 10.7. The number of imidazole rings is 1. The lowest BCUT2D eigenvalue weighted by atomic mass is 10.3. The molecular weight excluding hydrogens is 382 g/mol. The van der Waals surface area contributed by atoms with Crippen LogP contribution in [-0.4, -0.2) is 21.9 Å². The van der Waals surface area contributed by atoms with E-state index in [1.165, 1.54) is 0 Å². The van der Waals surface area contributed by atoms with Gasteiger partial charge in [-0.05, 0) is 52.3 Å². The molecule has 1 aromatic carbocycles. The summed E-state index contributed by atoms with van der Waals surface area (Å²) >= 11 is 9.20. The molecule has 2 aromatic heterocycles. The number of pyridine rings is 1. The summed E-state index contributed by atoms with van der Waals surface area (Å²) in [7, 11) is 0. The van der Waals surface area contributed by atoms with Gasteiger partial charge in [0.05, 0.1) is 12.2 Å². The summed E-state index contributed by atoms with van der Waals surface area (Å²) in [4.78, 5) is 16.2. The Morgan fingerprint density at radius 1 is 1.22 bits per heavy atom. The van der Waals surface area contributed by atoms with E-state index in [-0.39, 0.29) is 12.5 Å². The predicted molar refractivity (Wildman–Crippen MR) is 91.7 cm³/mol. The maximum absolute atomic E-state index is 11.8. The van der Waals surface area contributed by atoms with Crippen molar-refractivity contribution in [3.63, 3.8) is 0 Å². The molecule has 5 nitrogen and oxygen atoms in total. The van der Waals surface area contributed by atoms with Gasteiger partial charge in [0.2, 0.25) is 0 Å². The SMILES string of the molecule is O=C(COc1ccc(Cl)cc1)NCc1cn2cc(Br)ccc2n1. The van der Waals surface area contributed by atoms with Crippen molar-refractivity contribution in [1.82, 2.24) is 14.7 Å². The number of fused-ring (bicyclic) bond motifs is 1. The van der Waals surface area contributed by atoms with Crippen LogP contribution in [0.2, 0.25) is 5.02 Å². The molecule has 0 aliphatic carbocycles. The van der Waals surface area contributed by atoms with Crippen LogP contribution < -0.4 is 10.1 Å². The maximum Gasteiger partial charge on any atom is 0.258 e. The summed E-state index contributed by atoms with van der Waals surface area (Å²) in [5.41, 5.74) is 1.61. The maximum atomic E-state index is 11.8. The summed E-state index contributed by atoms with van der Waals surface area (Å²) in [6.07, 6.45) is 3.79. The Morgan fingerprint density at radius 3 is 2.78 bits per heavy atom. The second-order valence-corrected chi connectivity index (χ2v) is 6.22. The van der Waals surface area contributed by atoms with Crippen molar-refractivity contribution in [2.45, 2.75) is 6.54 Å². The number of carbonyl (C=O) groups excluding carboxylic acids is 1. The lowest BCUT2D eigenvalue weighted by molar-refractivity contribution is -0.123. The molecular formula is C16H13BrClN3O2. The first-order valence-corrected chi connectivity index (χ1v) is 8.05. The van der Waals surface area contributed by atoms with E-state index in [9.17, 15) is 4.79 Å². The van der Waals surface area contributed by atoms with Crippen molar-refractivity contribution in [2.75, 3.05) is 6.61 Å². The monoisotopic (exact) mass is 393 g/mol. The second kappa shape index (κ2) is 7.02. The molecule has 0 bridgehead atoms. The van der Waals surface area contributed by atoms with Gasteiger partial charge in [-0.1, -0.05) is 11.6 Å². The van der Waals surface area contributed by atoms with Gasteiger partial charge in [-0.25, -0.2) is 4.98 Å². The third-order valence-electron chi connectivity index (χ3n) is 3.12. The van der Waals surface area contributed by atoms with E-state index in [1.54, 1.807) is 24.3 Å². The van der Waals surface area contributed by atoms with Crippen molar-refractivity contribution in [1.29, 1.82) is 0 Å². The minimum atomic E-state index is -0.210. The topological polar surface area (TPSA) is 55.6 Å². The van der Waals surface area contributed by atoms with Gasteiger partial charge in [0.25, 0.3) is 5.91 Å². The number of halogens is 2. The number of carbonyl (C=O) groups is 1. The van der Waals surface area contributed by atoms with E-state index < -0.39 is 0 Å². The van der Waals surface area contributed by atoms with Gasteiger partial charge < -0.3 is 14.5 Å². The van der Waals surface area contributed by atoms with Crippen LogP contribution in [0.5, 0.6) is 5.75 Å². The molecule has 23 heavy (non-hydrogen) atoms. The molecule has 0 saturated carbocycles. The van der Waals surface area contributed by atoms with E-state index in [0.717, 1.165) is 15.8 Å².